The fraction of sp³-hybridized carbons (Fsp3) is 1.00. The predicted molar refractivity (Wildman–Crippen MR) is 45.0 cm³/mol. The van der Waals surface area contributed by atoms with E-state index in [1.165, 1.54) is 6.42 Å². The van der Waals surface area contributed by atoms with E-state index in [9.17, 15) is 5.11 Å². The minimum atomic E-state index is -0.0649. The van der Waals surface area contributed by atoms with Crippen LogP contribution in [0.1, 0.15) is 46.5 Å². The minimum absolute atomic E-state index is 0.0649. The molecule has 0 saturated heterocycles. The average Bonchev–Trinajstić information content (AvgIpc) is 1.89. The number of hydrogen-bond acceptors (Lipinski definition) is 1. The molecule has 2 atom stereocenters. The first kappa shape index (κ1) is 9.96. The van der Waals surface area contributed by atoms with Crippen LogP contribution in [0.2, 0.25) is 0 Å². The molecule has 1 heteroatoms. The summed E-state index contributed by atoms with van der Waals surface area (Å²) in [5, 5.41) is 9.45. The van der Waals surface area contributed by atoms with Crippen molar-refractivity contribution < 1.29 is 5.11 Å². The Bertz CT molecular complexity index is 61.1. The third kappa shape index (κ3) is 3.89. The van der Waals surface area contributed by atoms with E-state index in [1.54, 1.807) is 0 Å². The summed E-state index contributed by atoms with van der Waals surface area (Å²) in [5.41, 5.74) is 0. The molecule has 0 aliphatic rings. The van der Waals surface area contributed by atoms with Crippen LogP contribution in [0.25, 0.3) is 0 Å². The molecule has 0 heterocycles. The summed E-state index contributed by atoms with van der Waals surface area (Å²) < 4.78 is 0. The molecule has 0 spiro atoms. The Morgan fingerprint density at radius 2 is 1.60 bits per heavy atom. The lowest BCUT2D eigenvalue weighted by atomic mass is 9.96. The molecule has 1 nitrogen and oxygen atoms in total. The topological polar surface area (TPSA) is 20.2 Å². The monoisotopic (exact) mass is 144 g/mol. The van der Waals surface area contributed by atoms with E-state index in [1.807, 2.05) is 0 Å². The maximum atomic E-state index is 9.45. The maximum Gasteiger partial charge on any atom is 0.0565 e. The van der Waals surface area contributed by atoms with Crippen LogP contribution >= 0.6 is 0 Å². The van der Waals surface area contributed by atoms with Crippen LogP contribution in [0, 0.1) is 5.92 Å². The predicted octanol–water partition coefficient (Wildman–Crippen LogP) is 2.58. The van der Waals surface area contributed by atoms with Gasteiger partial charge in [-0.25, -0.2) is 0 Å². The van der Waals surface area contributed by atoms with Crippen LogP contribution in [0.15, 0.2) is 0 Å². The molecular formula is C9H20O. The molecule has 0 bridgehead atoms. The molecule has 0 aromatic carbocycles. The van der Waals surface area contributed by atoms with E-state index >= 15 is 0 Å². The van der Waals surface area contributed by atoms with E-state index in [0.717, 1.165) is 19.3 Å². The van der Waals surface area contributed by atoms with E-state index < -0.39 is 0 Å². The van der Waals surface area contributed by atoms with Crippen LogP contribution in [0.4, 0.5) is 0 Å². The van der Waals surface area contributed by atoms with Crippen molar-refractivity contribution in [1.82, 2.24) is 0 Å². The summed E-state index contributed by atoms with van der Waals surface area (Å²) in [4.78, 5) is 0. The maximum absolute atomic E-state index is 9.45. The standard InChI is InChI=1S/C9H20O/c1-4-6-8(3)9(10)7-5-2/h8-10H,4-7H2,1-3H3/t8-,9-/m0/s1. The molecule has 0 saturated carbocycles. The summed E-state index contributed by atoms with van der Waals surface area (Å²) in [7, 11) is 0. The van der Waals surface area contributed by atoms with Gasteiger partial charge in [-0.2, -0.15) is 0 Å². The van der Waals surface area contributed by atoms with Gasteiger partial charge < -0.3 is 5.11 Å². The minimum Gasteiger partial charge on any atom is -0.393 e. The fourth-order valence-electron chi connectivity index (χ4n) is 1.23. The van der Waals surface area contributed by atoms with Crippen molar-refractivity contribution in [3.8, 4) is 0 Å². The smallest absolute Gasteiger partial charge is 0.0565 e. The Balaban J connectivity index is 3.38. The van der Waals surface area contributed by atoms with Gasteiger partial charge in [0.05, 0.1) is 6.10 Å². The third-order valence-electron chi connectivity index (χ3n) is 1.99. The lowest BCUT2D eigenvalue weighted by molar-refractivity contribution is 0.102. The van der Waals surface area contributed by atoms with Crippen molar-refractivity contribution in [3.05, 3.63) is 0 Å². The van der Waals surface area contributed by atoms with E-state index in [2.05, 4.69) is 20.8 Å². The second-order valence-electron chi connectivity index (χ2n) is 3.12. The van der Waals surface area contributed by atoms with Gasteiger partial charge in [0.1, 0.15) is 0 Å². The first-order valence-corrected chi connectivity index (χ1v) is 4.40. The molecular weight excluding hydrogens is 124 g/mol. The van der Waals surface area contributed by atoms with Crippen molar-refractivity contribution in [3.63, 3.8) is 0 Å². The molecule has 0 aliphatic carbocycles. The van der Waals surface area contributed by atoms with Crippen LogP contribution in [0.3, 0.4) is 0 Å². The second-order valence-corrected chi connectivity index (χ2v) is 3.12. The number of aliphatic hydroxyl groups is 1. The normalized spacial score (nSPS) is 16.8. The molecule has 0 rings (SSSR count). The van der Waals surface area contributed by atoms with Gasteiger partial charge in [0.25, 0.3) is 0 Å². The Hall–Kier alpha value is -0.0400. The van der Waals surface area contributed by atoms with Gasteiger partial charge in [-0.15, -0.1) is 0 Å². The molecule has 0 aliphatic heterocycles. The van der Waals surface area contributed by atoms with Crippen molar-refractivity contribution in [2.75, 3.05) is 0 Å². The highest BCUT2D eigenvalue weighted by molar-refractivity contribution is 4.62. The molecule has 0 amide bonds. The molecule has 62 valence electrons. The van der Waals surface area contributed by atoms with Gasteiger partial charge in [-0.1, -0.05) is 33.6 Å². The summed E-state index contributed by atoms with van der Waals surface area (Å²) in [6.07, 6.45) is 4.32. The zero-order valence-corrected chi connectivity index (χ0v) is 7.43. The highest BCUT2D eigenvalue weighted by atomic mass is 16.3. The molecule has 0 unspecified atom stereocenters. The van der Waals surface area contributed by atoms with Crippen LogP contribution in [0.5, 0.6) is 0 Å². The average molecular weight is 144 g/mol. The first-order chi connectivity index (χ1) is 4.72. The summed E-state index contributed by atoms with van der Waals surface area (Å²) in [6.45, 7) is 6.40. The SMILES string of the molecule is CCC[C@H](C)[C@@H](O)CCC. The van der Waals surface area contributed by atoms with Crippen molar-refractivity contribution in [2.45, 2.75) is 52.6 Å². The lowest BCUT2D eigenvalue weighted by Gasteiger charge is -2.16. The summed E-state index contributed by atoms with van der Waals surface area (Å²) in [5.74, 6) is 0.491. The van der Waals surface area contributed by atoms with E-state index in [-0.39, 0.29) is 6.10 Å². The quantitative estimate of drug-likeness (QED) is 0.628. The van der Waals surface area contributed by atoms with Crippen molar-refractivity contribution in [1.29, 1.82) is 0 Å². The largest absolute Gasteiger partial charge is 0.393 e. The first-order valence-electron chi connectivity index (χ1n) is 4.40. The summed E-state index contributed by atoms with van der Waals surface area (Å²) >= 11 is 0. The third-order valence-corrected chi connectivity index (χ3v) is 1.99. The van der Waals surface area contributed by atoms with Gasteiger partial charge >= 0.3 is 0 Å². The van der Waals surface area contributed by atoms with E-state index in [0.29, 0.717) is 5.92 Å². The lowest BCUT2D eigenvalue weighted by Crippen LogP contribution is -2.16. The zero-order valence-electron chi connectivity index (χ0n) is 7.43. The van der Waals surface area contributed by atoms with E-state index in [4.69, 9.17) is 0 Å². The molecule has 0 fully saturated rings. The number of hydrogen-bond donors (Lipinski definition) is 1. The fourth-order valence-corrected chi connectivity index (χ4v) is 1.23. The number of aliphatic hydroxyl groups excluding tert-OH is 1. The molecule has 0 radical (unpaired) electrons. The Labute approximate surface area is 64.5 Å². The van der Waals surface area contributed by atoms with Crippen LogP contribution < -0.4 is 0 Å². The van der Waals surface area contributed by atoms with Crippen molar-refractivity contribution in [2.24, 2.45) is 5.92 Å². The summed E-state index contributed by atoms with van der Waals surface area (Å²) in [6, 6.07) is 0. The van der Waals surface area contributed by atoms with Crippen molar-refractivity contribution >= 4 is 0 Å². The second kappa shape index (κ2) is 5.72. The Morgan fingerprint density at radius 1 is 1.10 bits per heavy atom. The van der Waals surface area contributed by atoms with Crippen LogP contribution in [-0.2, 0) is 0 Å². The van der Waals surface area contributed by atoms with Crippen LogP contribution in [-0.4, -0.2) is 11.2 Å². The van der Waals surface area contributed by atoms with Gasteiger partial charge in [0, 0.05) is 0 Å². The number of rotatable bonds is 5. The van der Waals surface area contributed by atoms with Gasteiger partial charge in [-0.3, -0.25) is 0 Å². The van der Waals surface area contributed by atoms with Gasteiger partial charge in [0.15, 0.2) is 0 Å². The zero-order chi connectivity index (χ0) is 7.98. The van der Waals surface area contributed by atoms with Gasteiger partial charge in [-0.05, 0) is 18.8 Å². The Morgan fingerprint density at radius 3 is 2.00 bits per heavy atom. The Kier molecular flexibility index (Phi) is 5.70. The highest BCUT2D eigenvalue weighted by Gasteiger charge is 2.10. The highest BCUT2D eigenvalue weighted by Crippen LogP contribution is 2.13. The molecule has 0 aromatic rings. The molecule has 1 N–H and O–H groups in total. The molecule has 10 heavy (non-hydrogen) atoms. The van der Waals surface area contributed by atoms with Gasteiger partial charge in [0.2, 0.25) is 0 Å². The molecule has 0 aromatic heterocycles.